The summed E-state index contributed by atoms with van der Waals surface area (Å²) < 4.78 is 0. The number of nitrogens with zero attached hydrogens (tertiary/aromatic N) is 1. The Hall–Kier alpha value is -2.10. The van der Waals surface area contributed by atoms with Crippen LogP contribution in [-0.2, 0) is 16.0 Å². The predicted octanol–water partition coefficient (Wildman–Crippen LogP) is 2.10. The Bertz CT molecular complexity index is 651. The first-order valence-corrected chi connectivity index (χ1v) is 7.47. The third-order valence-corrected chi connectivity index (χ3v) is 5.18. The van der Waals surface area contributed by atoms with Crippen molar-refractivity contribution < 1.29 is 14.7 Å². The second-order valence-corrected chi connectivity index (χ2v) is 6.21. The largest absolute Gasteiger partial charge is 0.481 e. The summed E-state index contributed by atoms with van der Waals surface area (Å²) in [6.07, 6.45) is 5.68. The van der Waals surface area contributed by atoms with Crippen LogP contribution >= 0.6 is 0 Å². The summed E-state index contributed by atoms with van der Waals surface area (Å²) >= 11 is 0. The molecular weight excluding hydrogens is 266 g/mol. The number of hydrogen-bond acceptors (Lipinski definition) is 2. The van der Waals surface area contributed by atoms with E-state index in [1.165, 1.54) is 5.56 Å². The molecule has 108 valence electrons. The molecule has 4 nitrogen and oxygen atoms in total. The van der Waals surface area contributed by atoms with Gasteiger partial charge in [-0.05, 0) is 36.3 Å². The molecule has 0 aromatic heterocycles. The number of rotatable bonds is 2. The zero-order valence-electron chi connectivity index (χ0n) is 11.6. The van der Waals surface area contributed by atoms with E-state index < -0.39 is 17.8 Å². The molecular formula is C17H17NO3. The Morgan fingerprint density at radius 2 is 1.81 bits per heavy atom. The minimum absolute atomic E-state index is 0.01000. The fourth-order valence-electron chi connectivity index (χ4n) is 4.24. The summed E-state index contributed by atoms with van der Waals surface area (Å²) in [5.41, 5.74) is 2.13. The smallest absolute Gasteiger partial charge is 0.307 e. The quantitative estimate of drug-likeness (QED) is 0.846. The summed E-state index contributed by atoms with van der Waals surface area (Å²) in [5.74, 6) is -1.68. The van der Waals surface area contributed by atoms with Crippen LogP contribution in [0.25, 0.3) is 0 Å². The van der Waals surface area contributed by atoms with Gasteiger partial charge in [0.1, 0.15) is 0 Å². The molecule has 1 fully saturated rings. The maximum absolute atomic E-state index is 12.9. The Morgan fingerprint density at radius 3 is 2.57 bits per heavy atom. The first-order valence-electron chi connectivity index (χ1n) is 7.47. The highest BCUT2D eigenvalue weighted by molar-refractivity contribution is 5.99. The molecule has 0 radical (unpaired) electrons. The molecule has 0 spiro atoms. The number of carbonyl (C=O) groups is 2. The average Bonchev–Trinajstić information content (AvgIpc) is 3.19. The first kappa shape index (κ1) is 12.6. The molecule has 4 heteroatoms. The van der Waals surface area contributed by atoms with E-state index in [1.807, 2.05) is 36.4 Å². The maximum Gasteiger partial charge on any atom is 0.307 e. The molecule has 1 aliphatic heterocycles. The van der Waals surface area contributed by atoms with Gasteiger partial charge in [0.15, 0.2) is 0 Å². The predicted molar refractivity (Wildman–Crippen MR) is 77.9 cm³/mol. The van der Waals surface area contributed by atoms with Gasteiger partial charge >= 0.3 is 5.97 Å². The number of allylic oxidation sites excluding steroid dienone is 2. The van der Waals surface area contributed by atoms with Crippen molar-refractivity contribution in [3.05, 3.63) is 42.0 Å². The van der Waals surface area contributed by atoms with Crippen molar-refractivity contribution in [2.24, 2.45) is 23.7 Å². The Labute approximate surface area is 123 Å². The van der Waals surface area contributed by atoms with Gasteiger partial charge in [-0.15, -0.1) is 0 Å². The molecule has 2 aliphatic carbocycles. The van der Waals surface area contributed by atoms with E-state index in [1.54, 1.807) is 4.90 Å². The summed E-state index contributed by atoms with van der Waals surface area (Å²) in [6, 6.07) is 7.91. The van der Waals surface area contributed by atoms with E-state index in [9.17, 15) is 14.7 Å². The molecule has 1 N–H and O–H groups in total. The standard InChI is InChI=1S/C17H17NO3/c19-16(18-8-7-10-3-1-2-4-13(10)18)14-11-5-6-12(9-11)15(14)17(20)21/h1-6,11-12,14-15H,7-9H2,(H,20,21)/t11-,12+,14-,15-/m0/s1. The van der Waals surface area contributed by atoms with Gasteiger partial charge in [-0.3, -0.25) is 9.59 Å². The summed E-state index contributed by atoms with van der Waals surface area (Å²) in [5, 5.41) is 9.49. The van der Waals surface area contributed by atoms with Gasteiger partial charge in [-0.25, -0.2) is 0 Å². The third-order valence-electron chi connectivity index (χ3n) is 5.18. The Morgan fingerprint density at radius 1 is 1.10 bits per heavy atom. The van der Waals surface area contributed by atoms with Crippen LogP contribution in [0.15, 0.2) is 36.4 Å². The Kier molecular flexibility index (Phi) is 2.67. The van der Waals surface area contributed by atoms with Gasteiger partial charge in [0.05, 0.1) is 11.8 Å². The molecule has 1 aromatic carbocycles. The van der Waals surface area contributed by atoms with Crippen LogP contribution in [0, 0.1) is 23.7 Å². The first-order chi connectivity index (χ1) is 10.2. The van der Waals surface area contributed by atoms with Gasteiger partial charge in [-0.2, -0.15) is 0 Å². The summed E-state index contributed by atoms with van der Waals surface area (Å²) in [4.78, 5) is 26.3. The molecule has 2 bridgehead atoms. The fraction of sp³-hybridized carbons (Fsp3) is 0.412. The minimum atomic E-state index is -0.835. The molecule has 21 heavy (non-hydrogen) atoms. The van der Waals surface area contributed by atoms with Gasteiger partial charge in [-0.1, -0.05) is 30.4 Å². The number of fused-ring (bicyclic) bond motifs is 3. The van der Waals surface area contributed by atoms with Crippen LogP contribution in [0.1, 0.15) is 12.0 Å². The number of hydrogen-bond donors (Lipinski definition) is 1. The fourth-order valence-corrected chi connectivity index (χ4v) is 4.24. The van der Waals surface area contributed by atoms with Crippen molar-refractivity contribution in [3.63, 3.8) is 0 Å². The average molecular weight is 283 g/mol. The van der Waals surface area contributed by atoms with E-state index in [4.69, 9.17) is 0 Å². The third kappa shape index (κ3) is 1.75. The lowest BCUT2D eigenvalue weighted by Crippen LogP contribution is -2.42. The van der Waals surface area contributed by atoms with Crippen molar-refractivity contribution in [1.29, 1.82) is 0 Å². The zero-order chi connectivity index (χ0) is 14.6. The summed E-state index contributed by atoms with van der Waals surface area (Å²) in [7, 11) is 0. The second kappa shape index (κ2) is 4.45. The van der Waals surface area contributed by atoms with Gasteiger partial charge < -0.3 is 10.0 Å². The minimum Gasteiger partial charge on any atom is -0.481 e. The number of para-hydroxylation sites is 1. The maximum atomic E-state index is 12.9. The second-order valence-electron chi connectivity index (χ2n) is 6.21. The van der Waals surface area contributed by atoms with Crippen molar-refractivity contribution in [2.75, 3.05) is 11.4 Å². The topological polar surface area (TPSA) is 57.6 Å². The highest BCUT2D eigenvalue weighted by atomic mass is 16.4. The van der Waals surface area contributed by atoms with Crippen LogP contribution in [0.2, 0.25) is 0 Å². The van der Waals surface area contributed by atoms with Crippen molar-refractivity contribution in [3.8, 4) is 0 Å². The monoisotopic (exact) mass is 283 g/mol. The highest BCUT2D eigenvalue weighted by Crippen LogP contribution is 2.49. The van der Waals surface area contributed by atoms with Crippen LogP contribution in [0.4, 0.5) is 5.69 Å². The lowest BCUT2D eigenvalue weighted by molar-refractivity contribution is -0.147. The molecule has 1 heterocycles. The molecule has 3 aliphatic rings. The Balaban J connectivity index is 1.67. The van der Waals surface area contributed by atoms with Crippen molar-refractivity contribution >= 4 is 17.6 Å². The van der Waals surface area contributed by atoms with Gasteiger partial charge in [0.2, 0.25) is 5.91 Å². The van der Waals surface area contributed by atoms with E-state index in [2.05, 4.69) is 0 Å². The van der Waals surface area contributed by atoms with E-state index >= 15 is 0 Å². The molecule has 1 amide bonds. The number of aliphatic carboxylic acids is 1. The number of anilines is 1. The SMILES string of the molecule is O=C(O)[C@@H]1[C@@H](C(=O)N2CCc3ccccc32)[C@H]2C=C[C@@H]1C2. The molecule has 0 unspecified atom stereocenters. The number of amides is 1. The van der Waals surface area contributed by atoms with Crippen LogP contribution in [0.5, 0.6) is 0 Å². The molecule has 1 aromatic rings. The van der Waals surface area contributed by atoms with Crippen LogP contribution < -0.4 is 4.90 Å². The molecule has 4 rings (SSSR count). The lowest BCUT2D eigenvalue weighted by atomic mass is 9.82. The molecule has 0 saturated heterocycles. The summed E-state index contributed by atoms with van der Waals surface area (Å²) in [6.45, 7) is 0.669. The van der Waals surface area contributed by atoms with E-state index in [-0.39, 0.29) is 17.7 Å². The molecule has 4 atom stereocenters. The van der Waals surface area contributed by atoms with E-state index in [0.29, 0.717) is 6.54 Å². The highest BCUT2D eigenvalue weighted by Gasteiger charge is 2.53. The number of carboxylic acid groups (broad SMARTS) is 1. The number of carboxylic acids is 1. The zero-order valence-corrected chi connectivity index (χ0v) is 11.6. The molecule has 1 saturated carbocycles. The van der Waals surface area contributed by atoms with Gasteiger partial charge in [0.25, 0.3) is 0 Å². The van der Waals surface area contributed by atoms with Crippen LogP contribution in [0.3, 0.4) is 0 Å². The number of benzene rings is 1. The van der Waals surface area contributed by atoms with Crippen molar-refractivity contribution in [1.82, 2.24) is 0 Å². The van der Waals surface area contributed by atoms with Gasteiger partial charge in [0, 0.05) is 12.2 Å². The normalized spacial score (nSPS) is 32.5. The number of carbonyl (C=O) groups excluding carboxylic acids is 1. The lowest BCUT2D eigenvalue weighted by Gasteiger charge is -2.28. The van der Waals surface area contributed by atoms with Crippen molar-refractivity contribution in [2.45, 2.75) is 12.8 Å². The van der Waals surface area contributed by atoms with Crippen LogP contribution in [-0.4, -0.2) is 23.5 Å². The van der Waals surface area contributed by atoms with E-state index in [0.717, 1.165) is 18.5 Å².